The lowest BCUT2D eigenvalue weighted by Gasteiger charge is -2.02. The minimum Gasteiger partial charge on any atom is -0.277 e. The molecular weight excluding hydrogens is 300 g/mol. The molecule has 0 heterocycles. The van der Waals surface area contributed by atoms with Gasteiger partial charge in [-0.05, 0) is 18.2 Å². The first kappa shape index (κ1) is 12.1. The van der Waals surface area contributed by atoms with Crippen LogP contribution in [0.5, 0.6) is 0 Å². The Kier molecular flexibility index (Phi) is 4.18. The molecule has 0 aliphatic carbocycles. The summed E-state index contributed by atoms with van der Waals surface area (Å²) in [5, 5.41) is 4.79. The van der Waals surface area contributed by atoms with E-state index in [1.807, 2.05) is 48.5 Å². The van der Waals surface area contributed by atoms with E-state index in [0.717, 1.165) is 15.7 Å². The summed E-state index contributed by atoms with van der Waals surface area (Å²) in [7, 11) is 0. The summed E-state index contributed by atoms with van der Waals surface area (Å²) in [4.78, 5) is 0. The van der Waals surface area contributed by atoms with Gasteiger partial charge in [-0.25, -0.2) is 0 Å². The van der Waals surface area contributed by atoms with Crippen LogP contribution in [0.2, 0.25) is 5.02 Å². The van der Waals surface area contributed by atoms with Gasteiger partial charge >= 0.3 is 0 Å². The van der Waals surface area contributed by atoms with Crippen LogP contribution >= 0.6 is 27.5 Å². The summed E-state index contributed by atoms with van der Waals surface area (Å²) in [5.74, 6) is 0. The molecule has 2 aromatic rings. The Morgan fingerprint density at radius 3 is 2.53 bits per heavy atom. The summed E-state index contributed by atoms with van der Waals surface area (Å²) in [6.45, 7) is 0. The highest BCUT2D eigenvalue weighted by Gasteiger charge is 1.96. The average Bonchev–Trinajstić information content (AvgIpc) is 2.34. The molecule has 2 aromatic carbocycles. The number of hydrogen-bond donors (Lipinski definition) is 1. The van der Waals surface area contributed by atoms with Crippen molar-refractivity contribution >= 4 is 39.4 Å². The van der Waals surface area contributed by atoms with E-state index < -0.39 is 0 Å². The quantitative estimate of drug-likeness (QED) is 0.653. The first-order chi connectivity index (χ1) is 8.27. The van der Waals surface area contributed by atoms with Gasteiger partial charge in [-0.1, -0.05) is 57.9 Å². The first-order valence-corrected chi connectivity index (χ1v) is 6.22. The van der Waals surface area contributed by atoms with E-state index in [4.69, 9.17) is 11.6 Å². The van der Waals surface area contributed by atoms with Gasteiger partial charge < -0.3 is 0 Å². The minimum absolute atomic E-state index is 0.650. The maximum atomic E-state index is 5.99. The second-order valence-electron chi connectivity index (χ2n) is 3.37. The van der Waals surface area contributed by atoms with Crippen LogP contribution in [-0.4, -0.2) is 6.21 Å². The van der Waals surface area contributed by atoms with Crippen LogP contribution in [0.25, 0.3) is 0 Å². The Morgan fingerprint density at radius 1 is 1.06 bits per heavy atom. The van der Waals surface area contributed by atoms with E-state index in [-0.39, 0.29) is 0 Å². The standard InChI is InChI=1S/C13H10BrClN2/c14-11-6-2-1-5-10(11)9-16-17-13-8-4-3-7-12(13)15/h1-9,17H/b16-9-. The Bertz CT molecular complexity index is 540. The molecule has 0 amide bonds. The molecule has 2 rings (SSSR count). The van der Waals surface area contributed by atoms with Crippen molar-refractivity contribution in [1.82, 2.24) is 0 Å². The molecule has 2 nitrogen and oxygen atoms in total. The van der Waals surface area contributed by atoms with Crippen LogP contribution in [0.3, 0.4) is 0 Å². The fraction of sp³-hybridized carbons (Fsp3) is 0. The van der Waals surface area contributed by atoms with Crippen molar-refractivity contribution in [3.8, 4) is 0 Å². The molecule has 0 aromatic heterocycles. The van der Waals surface area contributed by atoms with Crippen molar-refractivity contribution in [2.75, 3.05) is 5.43 Å². The third kappa shape index (κ3) is 3.32. The molecule has 0 bridgehead atoms. The smallest absolute Gasteiger partial charge is 0.0748 e. The van der Waals surface area contributed by atoms with E-state index in [0.29, 0.717) is 5.02 Å². The van der Waals surface area contributed by atoms with E-state index in [1.165, 1.54) is 0 Å². The molecule has 86 valence electrons. The van der Waals surface area contributed by atoms with Gasteiger partial charge in [0.05, 0.1) is 16.9 Å². The molecule has 0 spiro atoms. The van der Waals surface area contributed by atoms with Crippen molar-refractivity contribution in [2.45, 2.75) is 0 Å². The Balaban J connectivity index is 2.09. The van der Waals surface area contributed by atoms with Crippen LogP contribution in [0.15, 0.2) is 58.1 Å². The number of anilines is 1. The number of rotatable bonds is 3. The average molecular weight is 310 g/mol. The third-order valence-corrected chi connectivity index (χ3v) is 3.22. The fourth-order valence-electron chi connectivity index (χ4n) is 1.30. The molecule has 0 fully saturated rings. The number of hydrazone groups is 1. The van der Waals surface area contributed by atoms with Gasteiger partial charge in [-0.3, -0.25) is 5.43 Å². The minimum atomic E-state index is 0.650. The SMILES string of the molecule is Clc1ccccc1N/N=C\c1ccccc1Br. The normalized spacial score (nSPS) is 10.7. The highest BCUT2D eigenvalue weighted by molar-refractivity contribution is 9.10. The summed E-state index contributed by atoms with van der Waals surface area (Å²) < 4.78 is 1.00. The number of benzene rings is 2. The maximum Gasteiger partial charge on any atom is 0.0748 e. The molecular formula is C13H10BrClN2. The zero-order valence-electron chi connectivity index (χ0n) is 8.90. The van der Waals surface area contributed by atoms with Gasteiger partial charge in [-0.2, -0.15) is 5.10 Å². The maximum absolute atomic E-state index is 5.99. The van der Waals surface area contributed by atoms with E-state index in [9.17, 15) is 0 Å². The van der Waals surface area contributed by atoms with Crippen molar-refractivity contribution in [3.05, 3.63) is 63.6 Å². The summed E-state index contributed by atoms with van der Waals surface area (Å²) in [5.41, 5.74) is 4.70. The highest BCUT2D eigenvalue weighted by Crippen LogP contribution is 2.20. The lowest BCUT2D eigenvalue weighted by atomic mass is 10.2. The van der Waals surface area contributed by atoms with Crippen LogP contribution in [0.4, 0.5) is 5.69 Å². The molecule has 17 heavy (non-hydrogen) atoms. The molecule has 4 heteroatoms. The van der Waals surface area contributed by atoms with E-state index in [1.54, 1.807) is 6.21 Å². The second-order valence-corrected chi connectivity index (χ2v) is 4.63. The fourth-order valence-corrected chi connectivity index (χ4v) is 1.87. The van der Waals surface area contributed by atoms with Crippen LogP contribution in [0.1, 0.15) is 5.56 Å². The molecule has 0 atom stereocenters. The van der Waals surface area contributed by atoms with Gasteiger partial charge in [0.15, 0.2) is 0 Å². The molecule has 1 N–H and O–H groups in total. The molecule has 0 radical (unpaired) electrons. The van der Waals surface area contributed by atoms with Crippen LogP contribution in [-0.2, 0) is 0 Å². The zero-order chi connectivity index (χ0) is 12.1. The van der Waals surface area contributed by atoms with Gasteiger partial charge in [0, 0.05) is 10.0 Å². The highest BCUT2D eigenvalue weighted by atomic mass is 79.9. The third-order valence-electron chi connectivity index (χ3n) is 2.17. The summed E-state index contributed by atoms with van der Waals surface area (Å²) >= 11 is 9.44. The molecule has 0 saturated heterocycles. The van der Waals surface area contributed by atoms with Gasteiger partial charge in [0.1, 0.15) is 0 Å². The monoisotopic (exact) mass is 308 g/mol. The number of para-hydroxylation sites is 1. The number of halogens is 2. The van der Waals surface area contributed by atoms with E-state index >= 15 is 0 Å². The molecule has 0 unspecified atom stereocenters. The zero-order valence-corrected chi connectivity index (χ0v) is 11.2. The molecule has 0 aliphatic heterocycles. The van der Waals surface area contributed by atoms with Crippen molar-refractivity contribution in [3.63, 3.8) is 0 Å². The van der Waals surface area contributed by atoms with E-state index in [2.05, 4.69) is 26.5 Å². The predicted molar refractivity (Wildman–Crippen MR) is 76.8 cm³/mol. The van der Waals surface area contributed by atoms with Crippen LogP contribution in [0, 0.1) is 0 Å². The number of nitrogens with zero attached hydrogens (tertiary/aromatic N) is 1. The van der Waals surface area contributed by atoms with Crippen LogP contribution < -0.4 is 5.43 Å². The van der Waals surface area contributed by atoms with Crippen molar-refractivity contribution < 1.29 is 0 Å². The van der Waals surface area contributed by atoms with Gasteiger partial charge in [0.2, 0.25) is 0 Å². The van der Waals surface area contributed by atoms with Gasteiger partial charge in [-0.15, -0.1) is 0 Å². The second kappa shape index (κ2) is 5.84. The predicted octanol–water partition coefficient (Wildman–Crippen LogP) is 4.55. The lowest BCUT2D eigenvalue weighted by molar-refractivity contribution is 1.35. The topological polar surface area (TPSA) is 24.4 Å². The molecule has 0 saturated carbocycles. The molecule has 0 aliphatic rings. The largest absolute Gasteiger partial charge is 0.277 e. The van der Waals surface area contributed by atoms with Gasteiger partial charge in [0.25, 0.3) is 0 Å². The van der Waals surface area contributed by atoms with Crippen molar-refractivity contribution in [1.29, 1.82) is 0 Å². The first-order valence-electron chi connectivity index (χ1n) is 5.05. The number of hydrogen-bond acceptors (Lipinski definition) is 2. The Morgan fingerprint density at radius 2 is 1.76 bits per heavy atom. The number of nitrogens with one attached hydrogen (secondary N) is 1. The Labute approximate surface area is 113 Å². The lowest BCUT2D eigenvalue weighted by Crippen LogP contribution is -1.91. The summed E-state index contributed by atoms with van der Waals surface area (Å²) in [6.07, 6.45) is 1.74. The summed E-state index contributed by atoms with van der Waals surface area (Å²) in [6, 6.07) is 15.3. The van der Waals surface area contributed by atoms with Crippen molar-refractivity contribution in [2.24, 2.45) is 5.10 Å². The Hall–Kier alpha value is -1.32.